The van der Waals surface area contributed by atoms with Gasteiger partial charge in [0.1, 0.15) is 0 Å². The summed E-state index contributed by atoms with van der Waals surface area (Å²) in [6.07, 6.45) is 3.32. The Morgan fingerprint density at radius 2 is 1.96 bits per heavy atom. The maximum atomic E-state index is 12.4. The van der Waals surface area contributed by atoms with E-state index in [-0.39, 0.29) is 29.5 Å². The fourth-order valence-electron chi connectivity index (χ4n) is 2.97. The Morgan fingerprint density at radius 1 is 1.22 bits per heavy atom. The molecule has 120 valence electrons. The van der Waals surface area contributed by atoms with Crippen LogP contribution in [0.25, 0.3) is 0 Å². The van der Waals surface area contributed by atoms with Crippen molar-refractivity contribution in [2.75, 3.05) is 0 Å². The lowest BCUT2D eigenvalue weighted by Gasteiger charge is -2.38. The summed E-state index contributed by atoms with van der Waals surface area (Å²) < 4.78 is 0. The topological polar surface area (TPSA) is 82.2 Å². The zero-order valence-electron chi connectivity index (χ0n) is 12.7. The van der Waals surface area contributed by atoms with Crippen molar-refractivity contribution in [3.05, 3.63) is 70.1 Å². The van der Waals surface area contributed by atoms with Crippen LogP contribution in [0.5, 0.6) is 0 Å². The third-order valence-electron chi connectivity index (χ3n) is 4.38. The molecule has 0 radical (unpaired) electrons. The maximum absolute atomic E-state index is 12.4. The SMILES string of the molecule is O=C(N[C@H](Cc1ccccc1)C1CC(O)C1)c1ccc(=O)[nH]c1. The van der Waals surface area contributed by atoms with E-state index in [1.165, 1.54) is 18.3 Å². The van der Waals surface area contributed by atoms with Gasteiger partial charge in [-0.2, -0.15) is 0 Å². The zero-order valence-corrected chi connectivity index (χ0v) is 12.7. The number of amides is 1. The molecule has 1 atom stereocenters. The van der Waals surface area contributed by atoms with Crippen molar-refractivity contribution >= 4 is 5.91 Å². The van der Waals surface area contributed by atoms with Crippen molar-refractivity contribution in [3.8, 4) is 0 Å². The van der Waals surface area contributed by atoms with Gasteiger partial charge in [-0.1, -0.05) is 30.3 Å². The van der Waals surface area contributed by atoms with Crippen LogP contribution in [-0.4, -0.2) is 28.1 Å². The van der Waals surface area contributed by atoms with Crippen molar-refractivity contribution in [1.29, 1.82) is 0 Å². The number of carbonyl (C=O) groups is 1. The Bertz CT molecular complexity index is 700. The lowest BCUT2D eigenvalue weighted by Crippen LogP contribution is -2.48. The highest BCUT2D eigenvalue weighted by Gasteiger charge is 2.34. The van der Waals surface area contributed by atoms with Crippen molar-refractivity contribution in [2.24, 2.45) is 5.92 Å². The summed E-state index contributed by atoms with van der Waals surface area (Å²) >= 11 is 0. The molecule has 0 bridgehead atoms. The lowest BCUT2D eigenvalue weighted by molar-refractivity contribution is 0.0239. The molecule has 1 heterocycles. The molecule has 1 aliphatic carbocycles. The van der Waals surface area contributed by atoms with E-state index in [1.54, 1.807) is 0 Å². The van der Waals surface area contributed by atoms with Crippen LogP contribution >= 0.6 is 0 Å². The molecule has 1 fully saturated rings. The van der Waals surface area contributed by atoms with E-state index in [2.05, 4.69) is 10.3 Å². The minimum Gasteiger partial charge on any atom is -0.393 e. The molecule has 1 aromatic heterocycles. The van der Waals surface area contributed by atoms with E-state index in [0.717, 1.165) is 12.0 Å². The van der Waals surface area contributed by atoms with E-state index >= 15 is 0 Å². The molecular formula is C18H20N2O3. The summed E-state index contributed by atoms with van der Waals surface area (Å²) in [5, 5.41) is 12.6. The molecule has 23 heavy (non-hydrogen) atoms. The highest BCUT2D eigenvalue weighted by molar-refractivity contribution is 5.94. The number of aliphatic hydroxyl groups is 1. The second-order valence-electron chi connectivity index (χ2n) is 6.10. The van der Waals surface area contributed by atoms with Gasteiger partial charge in [0.2, 0.25) is 5.56 Å². The van der Waals surface area contributed by atoms with Crippen LogP contribution in [-0.2, 0) is 6.42 Å². The summed E-state index contributed by atoms with van der Waals surface area (Å²) in [5.41, 5.74) is 1.35. The normalized spacial score (nSPS) is 21.3. The number of aromatic amines is 1. The maximum Gasteiger partial charge on any atom is 0.252 e. The molecule has 5 nitrogen and oxygen atoms in total. The third kappa shape index (κ3) is 3.87. The number of carbonyl (C=O) groups excluding carboxylic acids is 1. The number of H-pyrrole nitrogens is 1. The molecule has 0 spiro atoms. The van der Waals surface area contributed by atoms with Crippen LogP contribution in [0, 0.1) is 5.92 Å². The Hall–Kier alpha value is -2.40. The number of nitrogens with one attached hydrogen (secondary N) is 2. The summed E-state index contributed by atoms with van der Waals surface area (Å²) in [6, 6.07) is 12.8. The molecule has 1 aromatic carbocycles. The van der Waals surface area contributed by atoms with Crippen LogP contribution in [0.3, 0.4) is 0 Å². The van der Waals surface area contributed by atoms with E-state index in [1.807, 2.05) is 30.3 Å². The molecule has 0 saturated heterocycles. The fourth-order valence-corrected chi connectivity index (χ4v) is 2.97. The molecule has 2 aromatic rings. The first-order valence-corrected chi connectivity index (χ1v) is 7.83. The van der Waals surface area contributed by atoms with Gasteiger partial charge in [0.05, 0.1) is 11.7 Å². The molecule has 5 heteroatoms. The minimum absolute atomic E-state index is 0.0276. The van der Waals surface area contributed by atoms with Gasteiger partial charge in [-0.05, 0) is 36.8 Å². The van der Waals surface area contributed by atoms with Gasteiger partial charge in [-0.25, -0.2) is 0 Å². The number of aromatic nitrogens is 1. The van der Waals surface area contributed by atoms with Gasteiger partial charge in [-0.3, -0.25) is 9.59 Å². The van der Waals surface area contributed by atoms with Crippen LogP contribution in [0.4, 0.5) is 0 Å². The van der Waals surface area contributed by atoms with Crippen molar-refractivity contribution in [2.45, 2.75) is 31.4 Å². The van der Waals surface area contributed by atoms with E-state index in [4.69, 9.17) is 0 Å². The third-order valence-corrected chi connectivity index (χ3v) is 4.38. The average molecular weight is 312 g/mol. The number of aliphatic hydroxyl groups excluding tert-OH is 1. The number of rotatable bonds is 5. The highest BCUT2D eigenvalue weighted by Crippen LogP contribution is 2.31. The van der Waals surface area contributed by atoms with Crippen LogP contribution in [0.2, 0.25) is 0 Å². The lowest BCUT2D eigenvalue weighted by atomic mass is 9.75. The monoisotopic (exact) mass is 312 g/mol. The molecule has 0 unspecified atom stereocenters. The molecule has 3 N–H and O–H groups in total. The van der Waals surface area contributed by atoms with E-state index in [9.17, 15) is 14.7 Å². The number of hydrogen-bond donors (Lipinski definition) is 3. The quantitative estimate of drug-likeness (QED) is 0.782. The number of benzene rings is 1. The molecule has 1 saturated carbocycles. The molecule has 1 amide bonds. The highest BCUT2D eigenvalue weighted by atomic mass is 16.3. The first-order valence-electron chi connectivity index (χ1n) is 7.83. The van der Waals surface area contributed by atoms with Crippen molar-refractivity contribution < 1.29 is 9.90 Å². The second-order valence-corrected chi connectivity index (χ2v) is 6.10. The fraction of sp³-hybridized carbons (Fsp3) is 0.333. The Balaban J connectivity index is 1.71. The van der Waals surface area contributed by atoms with Gasteiger partial charge < -0.3 is 15.4 Å². The standard InChI is InChI=1S/C18H20N2O3/c21-15-9-14(10-15)16(8-12-4-2-1-3-5-12)20-18(23)13-6-7-17(22)19-11-13/h1-7,11,14-16,21H,8-10H2,(H,19,22)(H,20,23)/t14?,15?,16-/m1/s1. The minimum atomic E-state index is -0.261. The molecule has 0 aliphatic heterocycles. The molecular weight excluding hydrogens is 292 g/mol. The summed E-state index contributed by atoms with van der Waals surface area (Å²) in [6.45, 7) is 0. The average Bonchev–Trinajstić information content (AvgIpc) is 2.53. The van der Waals surface area contributed by atoms with Gasteiger partial charge >= 0.3 is 0 Å². The van der Waals surface area contributed by atoms with Crippen LogP contribution in [0.1, 0.15) is 28.8 Å². The van der Waals surface area contributed by atoms with Crippen molar-refractivity contribution in [1.82, 2.24) is 10.3 Å². The van der Waals surface area contributed by atoms with Crippen LogP contribution in [0.15, 0.2) is 53.5 Å². The largest absolute Gasteiger partial charge is 0.393 e. The van der Waals surface area contributed by atoms with E-state index < -0.39 is 0 Å². The van der Waals surface area contributed by atoms with Gasteiger partial charge in [0.15, 0.2) is 0 Å². The predicted octanol–water partition coefficient (Wildman–Crippen LogP) is 1.49. The molecule has 1 aliphatic rings. The number of pyridine rings is 1. The van der Waals surface area contributed by atoms with Gasteiger partial charge in [0, 0.05) is 18.3 Å². The molecule has 3 rings (SSSR count). The summed E-state index contributed by atoms with van der Waals surface area (Å²) in [4.78, 5) is 26.0. The van der Waals surface area contributed by atoms with E-state index in [0.29, 0.717) is 18.4 Å². The Morgan fingerprint density at radius 3 is 2.57 bits per heavy atom. The first-order chi connectivity index (χ1) is 11.1. The van der Waals surface area contributed by atoms with Crippen molar-refractivity contribution in [3.63, 3.8) is 0 Å². The van der Waals surface area contributed by atoms with Gasteiger partial charge in [0.25, 0.3) is 5.91 Å². The summed E-state index contributed by atoms with van der Waals surface area (Å²) in [5.74, 6) is 0.0699. The first kappa shape index (κ1) is 15.5. The van der Waals surface area contributed by atoms with Gasteiger partial charge in [-0.15, -0.1) is 0 Å². The Labute approximate surface area is 134 Å². The zero-order chi connectivity index (χ0) is 16.2. The Kier molecular flexibility index (Phi) is 4.57. The van der Waals surface area contributed by atoms with Crippen LogP contribution < -0.4 is 10.9 Å². The summed E-state index contributed by atoms with van der Waals surface area (Å²) in [7, 11) is 0. The number of hydrogen-bond acceptors (Lipinski definition) is 3. The second kappa shape index (κ2) is 6.79. The smallest absolute Gasteiger partial charge is 0.252 e. The predicted molar refractivity (Wildman–Crippen MR) is 87.2 cm³/mol.